The first-order valence-corrected chi connectivity index (χ1v) is 9.87. The summed E-state index contributed by atoms with van der Waals surface area (Å²) in [6, 6.07) is 13.0. The monoisotopic (exact) mass is 468 g/mol. The summed E-state index contributed by atoms with van der Waals surface area (Å²) in [6.07, 6.45) is -5.44. The van der Waals surface area contributed by atoms with Crippen LogP contribution in [0, 0.1) is 0 Å². The number of hydrogen-bond donors (Lipinski definition) is 3. The van der Waals surface area contributed by atoms with Crippen molar-refractivity contribution in [2.24, 2.45) is 0 Å². The highest BCUT2D eigenvalue weighted by molar-refractivity contribution is 5.81. The number of carbonyl (C=O) groups excluding carboxylic acids is 2. The van der Waals surface area contributed by atoms with Gasteiger partial charge in [-0.1, -0.05) is 48.5 Å². The van der Waals surface area contributed by atoms with E-state index in [0.29, 0.717) is 0 Å². The molecule has 1 aliphatic carbocycles. The van der Waals surface area contributed by atoms with Crippen molar-refractivity contribution < 1.29 is 41.8 Å². The number of ether oxygens (including phenoxy) is 1. The van der Waals surface area contributed by atoms with Gasteiger partial charge in [-0.15, -0.1) is 0 Å². The molecule has 0 fully saturated rings. The lowest BCUT2D eigenvalue weighted by molar-refractivity contribution is -0.164. The molecule has 3 N–H and O–H groups in total. The number of aliphatic carboxylic acids is 1. The Bertz CT molecular complexity index is 1000. The molecule has 0 saturated heterocycles. The zero-order valence-electron chi connectivity index (χ0n) is 17.1. The normalized spacial score (nSPS) is 13.7. The Kier molecular flexibility index (Phi) is 7.19. The van der Waals surface area contributed by atoms with E-state index in [1.165, 1.54) is 0 Å². The molecule has 1 atom stereocenters. The standard InChI is InChI=1S/C22H20F4N2O5/c23-19(24)17(9-18(29)27-11-22(25,26)20(30)31)28-21(32)33-10-16-14-7-3-1-5-12(14)13-6-2-4-8-15(13)16/h1-8,16-17,19H,9-11H2,(H,27,29)(H,28,32)(H,30,31). The Hall–Kier alpha value is -3.63. The zero-order chi connectivity index (χ0) is 24.2. The van der Waals surface area contributed by atoms with Gasteiger partial charge in [0.2, 0.25) is 5.91 Å². The number of benzene rings is 2. The number of fused-ring (bicyclic) bond motifs is 3. The minimum absolute atomic E-state index is 0.146. The van der Waals surface area contributed by atoms with Crippen molar-refractivity contribution in [1.82, 2.24) is 10.6 Å². The van der Waals surface area contributed by atoms with Crippen molar-refractivity contribution in [3.05, 3.63) is 59.7 Å². The van der Waals surface area contributed by atoms with Crippen LogP contribution in [0.25, 0.3) is 11.1 Å². The van der Waals surface area contributed by atoms with Crippen molar-refractivity contribution in [3.63, 3.8) is 0 Å². The Labute approximate surface area is 185 Å². The molecule has 7 nitrogen and oxygen atoms in total. The van der Waals surface area contributed by atoms with Crippen molar-refractivity contribution in [1.29, 1.82) is 0 Å². The van der Waals surface area contributed by atoms with Crippen LogP contribution >= 0.6 is 0 Å². The second-order valence-corrected chi connectivity index (χ2v) is 7.40. The summed E-state index contributed by atoms with van der Waals surface area (Å²) in [5, 5.41) is 11.7. The Balaban J connectivity index is 1.58. The van der Waals surface area contributed by atoms with Crippen LogP contribution in [0.5, 0.6) is 0 Å². The number of nitrogens with one attached hydrogen (secondary N) is 2. The first-order chi connectivity index (χ1) is 15.6. The average molecular weight is 468 g/mol. The lowest BCUT2D eigenvalue weighted by atomic mass is 9.98. The molecule has 0 aliphatic heterocycles. The maximum absolute atomic E-state index is 13.3. The lowest BCUT2D eigenvalue weighted by Gasteiger charge is -2.20. The molecule has 0 radical (unpaired) electrons. The van der Waals surface area contributed by atoms with Gasteiger partial charge in [-0.25, -0.2) is 18.4 Å². The number of alkyl carbamates (subject to hydrolysis) is 1. The summed E-state index contributed by atoms with van der Waals surface area (Å²) in [6.45, 7) is -1.71. The number of carbonyl (C=O) groups is 3. The second-order valence-electron chi connectivity index (χ2n) is 7.40. The third kappa shape index (κ3) is 5.60. The number of amides is 2. The Morgan fingerprint density at radius 1 is 1.00 bits per heavy atom. The number of rotatable bonds is 9. The van der Waals surface area contributed by atoms with Crippen LogP contribution in [0.1, 0.15) is 23.5 Å². The number of alkyl halides is 4. The zero-order valence-corrected chi connectivity index (χ0v) is 17.1. The van der Waals surface area contributed by atoms with Gasteiger partial charge in [-0.05, 0) is 22.3 Å². The van der Waals surface area contributed by atoms with Gasteiger partial charge in [0, 0.05) is 5.92 Å². The van der Waals surface area contributed by atoms with Gasteiger partial charge in [-0.3, -0.25) is 4.79 Å². The van der Waals surface area contributed by atoms with E-state index in [1.807, 2.05) is 53.8 Å². The van der Waals surface area contributed by atoms with Gasteiger partial charge in [0.15, 0.2) is 0 Å². The summed E-state index contributed by atoms with van der Waals surface area (Å²) in [7, 11) is 0. The third-order valence-electron chi connectivity index (χ3n) is 5.18. The third-order valence-corrected chi connectivity index (χ3v) is 5.18. The van der Waals surface area contributed by atoms with Crippen LogP contribution < -0.4 is 10.6 Å². The molecule has 33 heavy (non-hydrogen) atoms. The van der Waals surface area contributed by atoms with Gasteiger partial charge < -0.3 is 20.5 Å². The SMILES string of the molecule is O=C(CC(NC(=O)OCC1c2ccccc2-c2ccccc21)C(F)F)NCC(F)(F)C(=O)O. The smallest absolute Gasteiger partial charge is 0.407 e. The molecule has 1 aliphatic rings. The molecule has 0 saturated carbocycles. The first-order valence-electron chi connectivity index (χ1n) is 9.87. The van der Waals surface area contributed by atoms with Gasteiger partial charge in [0.05, 0.1) is 13.0 Å². The summed E-state index contributed by atoms with van der Waals surface area (Å²) in [5.74, 6) is -8.31. The molecule has 2 aromatic carbocycles. The summed E-state index contributed by atoms with van der Waals surface area (Å²) < 4.78 is 57.7. The average Bonchev–Trinajstić information content (AvgIpc) is 3.09. The molecule has 0 spiro atoms. The molecule has 176 valence electrons. The molecule has 11 heteroatoms. The van der Waals surface area contributed by atoms with E-state index in [1.54, 1.807) is 5.32 Å². The van der Waals surface area contributed by atoms with Crippen molar-refractivity contribution in [2.45, 2.75) is 30.7 Å². The van der Waals surface area contributed by atoms with Crippen LogP contribution in [-0.4, -0.2) is 54.6 Å². The van der Waals surface area contributed by atoms with Crippen LogP contribution in [-0.2, 0) is 14.3 Å². The molecule has 3 rings (SSSR count). The highest BCUT2D eigenvalue weighted by atomic mass is 19.3. The van der Waals surface area contributed by atoms with Gasteiger partial charge in [0.25, 0.3) is 6.43 Å². The van der Waals surface area contributed by atoms with E-state index in [4.69, 9.17) is 9.84 Å². The van der Waals surface area contributed by atoms with Crippen LogP contribution in [0.4, 0.5) is 22.4 Å². The van der Waals surface area contributed by atoms with E-state index < -0.39 is 49.3 Å². The predicted octanol–water partition coefficient (Wildman–Crippen LogP) is 3.39. The molecular formula is C22H20F4N2O5. The van der Waals surface area contributed by atoms with E-state index >= 15 is 0 Å². The lowest BCUT2D eigenvalue weighted by Crippen LogP contribution is -2.47. The molecule has 0 heterocycles. The number of halogens is 4. The fourth-order valence-electron chi connectivity index (χ4n) is 3.55. The van der Waals surface area contributed by atoms with Crippen LogP contribution in [0.3, 0.4) is 0 Å². The second kappa shape index (κ2) is 9.88. The van der Waals surface area contributed by atoms with Crippen molar-refractivity contribution >= 4 is 18.0 Å². The molecule has 1 unspecified atom stereocenters. The summed E-state index contributed by atoms with van der Waals surface area (Å²) in [5.41, 5.74) is 3.77. The highest BCUT2D eigenvalue weighted by Crippen LogP contribution is 2.44. The van der Waals surface area contributed by atoms with E-state index in [2.05, 4.69) is 0 Å². The molecule has 0 bridgehead atoms. The van der Waals surface area contributed by atoms with Gasteiger partial charge in [-0.2, -0.15) is 8.78 Å². The van der Waals surface area contributed by atoms with Gasteiger partial charge in [0.1, 0.15) is 12.6 Å². The van der Waals surface area contributed by atoms with Crippen molar-refractivity contribution in [2.75, 3.05) is 13.2 Å². The van der Waals surface area contributed by atoms with Crippen LogP contribution in [0.15, 0.2) is 48.5 Å². The quantitative estimate of drug-likeness (QED) is 0.490. The molecule has 2 aromatic rings. The van der Waals surface area contributed by atoms with E-state index in [0.717, 1.165) is 22.3 Å². The maximum Gasteiger partial charge on any atom is 0.407 e. The fraction of sp³-hybridized carbons (Fsp3) is 0.318. The Morgan fingerprint density at radius 2 is 1.55 bits per heavy atom. The van der Waals surface area contributed by atoms with Crippen molar-refractivity contribution in [3.8, 4) is 11.1 Å². The fourth-order valence-corrected chi connectivity index (χ4v) is 3.55. The summed E-state index contributed by atoms with van der Waals surface area (Å²) >= 11 is 0. The number of carboxylic acids is 1. The highest BCUT2D eigenvalue weighted by Gasteiger charge is 2.39. The predicted molar refractivity (Wildman–Crippen MR) is 108 cm³/mol. The number of carboxylic acid groups (broad SMARTS) is 1. The summed E-state index contributed by atoms with van der Waals surface area (Å²) in [4.78, 5) is 34.2. The minimum Gasteiger partial charge on any atom is -0.477 e. The first kappa shape index (κ1) is 24.0. The minimum atomic E-state index is -4.25. The number of hydrogen-bond acceptors (Lipinski definition) is 4. The largest absolute Gasteiger partial charge is 0.477 e. The topological polar surface area (TPSA) is 105 Å². The molecule has 0 aromatic heterocycles. The molecule has 2 amide bonds. The molecular weight excluding hydrogens is 448 g/mol. The van der Waals surface area contributed by atoms with E-state index in [-0.39, 0.29) is 12.5 Å². The van der Waals surface area contributed by atoms with Crippen LogP contribution in [0.2, 0.25) is 0 Å². The van der Waals surface area contributed by atoms with E-state index in [9.17, 15) is 31.9 Å². The Morgan fingerprint density at radius 3 is 2.06 bits per heavy atom. The van der Waals surface area contributed by atoms with Gasteiger partial charge >= 0.3 is 18.0 Å². The maximum atomic E-state index is 13.3.